The molecule has 2 saturated carbocycles. The first-order valence-electron chi connectivity index (χ1n) is 14.8. The van der Waals surface area contributed by atoms with E-state index in [1.807, 2.05) is 0 Å². The maximum Gasteiger partial charge on any atom is 0.302 e. The van der Waals surface area contributed by atoms with Crippen LogP contribution in [0.2, 0.25) is 0 Å². The fourth-order valence-electron chi connectivity index (χ4n) is 10.0. The van der Waals surface area contributed by atoms with Gasteiger partial charge >= 0.3 is 5.97 Å². The van der Waals surface area contributed by atoms with Crippen LogP contribution in [0.25, 0.3) is 0 Å². The first-order valence-corrected chi connectivity index (χ1v) is 14.8. The number of esters is 1. The maximum absolute atomic E-state index is 11.8. The van der Waals surface area contributed by atoms with Crippen LogP contribution in [0.1, 0.15) is 127 Å². The van der Waals surface area contributed by atoms with Crippen molar-refractivity contribution in [3.63, 3.8) is 0 Å². The van der Waals surface area contributed by atoms with E-state index in [-0.39, 0.29) is 39.8 Å². The molecule has 8 atom stereocenters. The van der Waals surface area contributed by atoms with Gasteiger partial charge in [-0.15, -0.1) is 0 Å². The van der Waals surface area contributed by atoms with Crippen LogP contribution < -0.4 is 0 Å². The maximum atomic E-state index is 11.8. The molecule has 4 aliphatic rings. The summed E-state index contributed by atoms with van der Waals surface area (Å²) in [4.78, 5) is 11.8. The summed E-state index contributed by atoms with van der Waals surface area (Å²) in [7, 11) is 0. The lowest BCUT2D eigenvalue weighted by atomic mass is 9.42. The predicted molar refractivity (Wildman–Crippen MR) is 144 cm³/mol. The summed E-state index contributed by atoms with van der Waals surface area (Å²) in [5.74, 6) is 2.46. The van der Waals surface area contributed by atoms with Crippen molar-refractivity contribution >= 4 is 5.97 Å². The van der Waals surface area contributed by atoms with Crippen molar-refractivity contribution in [1.29, 1.82) is 0 Å². The van der Waals surface area contributed by atoms with Gasteiger partial charge in [0.1, 0.15) is 6.10 Å². The molecule has 0 aromatic carbocycles. The van der Waals surface area contributed by atoms with Crippen LogP contribution in [0.5, 0.6) is 0 Å². The number of aliphatic hydroxyl groups is 1. The molecule has 2 fully saturated rings. The number of fused-ring (bicyclic) bond motifs is 4. The Labute approximate surface area is 215 Å². The third-order valence-electron chi connectivity index (χ3n) is 12.2. The molecule has 4 aliphatic carbocycles. The van der Waals surface area contributed by atoms with Crippen LogP contribution in [0.3, 0.4) is 0 Å². The topological polar surface area (TPSA) is 46.5 Å². The quantitative estimate of drug-likeness (QED) is 0.305. The lowest BCUT2D eigenvalue weighted by Gasteiger charge is -2.63. The Hall–Kier alpha value is -0.830. The Morgan fingerprint density at radius 1 is 1.03 bits per heavy atom. The zero-order valence-electron chi connectivity index (χ0n) is 24.3. The molecule has 0 amide bonds. The van der Waals surface area contributed by atoms with Crippen molar-refractivity contribution in [2.75, 3.05) is 0 Å². The molecule has 0 heterocycles. The third-order valence-corrected chi connectivity index (χ3v) is 12.2. The molecule has 35 heavy (non-hydrogen) atoms. The van der Waals surface area contributed by atoms with Crippen molar-refractivity contribution in [1.82, 2.24) is 0 Å². The Bertz CT molecular complexity index is 855. The summed E-state index contributed by atoms with van der Waals surface area (Å²) in [5.41, 5.74) is 3.36. The van der Waals surface area contributed by atoms with Gasteiger partial charge in [0.2, 0.25) is 0 Å². The van der Waals surface area contributed by atoms with E-state index in [4.69, 9.17) is 4.74 Å². The van der Waals surface area contributed by atoms with E-state index in [1.165, 1.54) is 51.0 Å². The second-order valence-corrected chi connectivity index (χ2v) is 14.8. The Balaban J connectivity index is 1.66. The minimum absolute atomic E-state index is 0.0561. The predicted octanol–water partition coefficient (Wildman–Crippen LogP) is 8.10. The number of ether oxygens (including phenoxy) is 1. The molecule has 0 aliphatic heterocycles. The molecule has 2 unspecified atom stereocenters. The lowest BCUT2D eigenvalue weighted by molar-refractivity contribution is -0.169. The summed E-state index contributed by atoms with van der Waals surface area (Å²) < 4.78 is 5.83. The van der Waals surface area contributed by atoms with E-state index < -0.39 is 0 Å². The number of hydrogen-bond acceptors (Lipinski definition) is 3. The molecular weight excluding hydrogens is 432 g/mol. The van der Waals surface area contributed by atoms with Crippen molar-refractivity contribution in [2.45, 2.75) is 139 Å². The number of aliphatic hydroxyl groups excluding tert-OH is 1. The van der Waals surface area contributed by atoms with E-state index in [9.17, 15) is 9.90 Å². The summed E-state index contributed by atoms with van der Waals surface area (Å²) in [6, 6.07) is 0. The molecule has 0 spiro atoms. The number of allylic oxidation sites excluding steroid dienone is 1. The smallest absolute Gasteiger partial charge is 0.302 e. The molecular formula is C32H54O3. The van der Waals surface area contributed by atoms with Crippen molar-refractivity contribution in [3.05, 3.63) is 11.1 Å². The van der Waals surface area contributed by atoms with E-state index in [1.54, 1.807) is 5.57 Å². The van der Waals surface area contributed by atoms with E-state index in [0.717, 1.165) is 43.4 Å². The van der Waals surface area contributed by atoms with Gasteiger partial charge in [-0.05, 0) is 90.4 Å². The highest BCUT2D eigenvalue weighted by Gasteiger charge is 2.65. The SMILES string of the molecule is CC(=O)OC1CC[C@]2(C)C3=C(C(O)C[C@H]2C1(C)C)[C@]1(C)CC[C@H]([C@H](C)CCCC(C)C)[C@@]1(C)CC3. The second-order valence-electron chi connectivity index (χ2n) is 14.8. The van der Waals surface area contributed by atoms with Crippen molar-refractivity contribution in [3.8, 4) is 0 Å². The molecule has 0 aromatic heterocycles. The Morgan fingerprint density at radius 3 is 2.34 bits per heavy atom. The minimum Gasteiger partial charge on any atom is -0.462 e. The Morgan fingerprint density at radius 2 is 1.71 bits per heavy atom. The molecule has 0 aromatic rings. The van der Waals surface area contributed by atoms with Gasteiger partial charge in [0, 0.05) is 12.3 Å². The highest BCUT2D eigenvalue weighted by atomic mass is 16.5. The van der Waals surface area contributed by atoms with Gasteiger partial charge in [0.05, 0.1) is 6.10 Å². The average Bonchev–Trinajstić information content (AvgIpc) is 3.02. The summed E-state index contributed by atoms with van der Waals surface area (Å²) in [5, 5.41) is 11.8. The lowest BCUT2D eigenvalue weighted by Crippen LogP contribution is -2.58. The minimum atomic E-state index is -0.363. The van der Waals surface area contributed by atoms with Crippen LogP contribution in [-0.4, -0.2) is 23.3 Å². The standard InChI is InChI=1S/C32H54O3/c1-20(2)11-10-12-21(3)23-13-18-32(9)28-24(14-17-31(23,32)8)30(7)16-15-27(35-22(4)33)29(5,6)26(30)19-25(28)34/h20-21,23,25-27,34H,10-19H2,1-9H3/t21-,23-,25?,26+,27?,30-,31-,32+/m1/s1. The second kappa shape index (κ2) is 9.17. The van der Waals surface area contributed by atoms with Gasteiger partial charge in [-0.2, -0.15) is 0 Å². The molecule has 0 radical (unpaired) electrons. The molecule has 4 rings (SSSR count). The van der Waals surface area contributed by atoms with Crippen LogP contribution in [0, 0.1) is 45.3 Å². The van der Waals surface area contributed by atoms with Crippen molar-refractivity contribution < 1.29 is 14.6 Å². The highest BCUT2D eigenvalue weighted by Crippen LogP contribution is 2.72. The normalized spacial score (nSPS) is 43.4. The first kappa shape index (κ1) is 27.2. The fourth-order valence-corrected chi connectivity index (χ4v) is 10.0. The van der Waals surface area contributed by atoms with Gasteiger partial charge < -0.3 is 9.84 Å². The van der Waals surface area contributed by atoms with Crippen molar-refractivity contribution in [2.24, 2.45) is 45.3 Å². The van der Waals surface area contributed by atoms with Gasteiger partial charge in [-0.25, -0.2) is 0 Å². The molecule has 3 nitrogen and oxygen atoms in total. The largest absolute Gasteiger partial charge is 0.462 e. The first-order chi connectivity index (χ1) is 16.2. The van der Waals surface area contributed by atoms with Gasteiger partial charge in [-0.3, -0.25) is 4.79 Å². The van der Waals surface area contributed by atoms with E-state index in [0.29, 0.717) is 5.92 Å². The van der Waals surface area contributed by atoms with Gasteiger partial charge in [-0.1, -0.05) is 80.2 Å². The fraction of sp³-hybridized carbons (Fsp3) is 0.906. The molecule has 1 N–H and O–H groups in total. The number of carbonyl (C=O) groups excluding carboxylic acids is 1. The number of carbonyl (C=O) groups is 1. The van der Waals surface area contributed by atoms with Crippen LogP contribution >= 0.6 is 0 Å². The van der Waals surface area contributed by atoms with E-state index in [2.05, 4.69) is 55.4 Å². The van der Waals surface area contributed by atoms with Crippen LogP contribution in [0.4, 0.5) is 0 Å². The monoisotopic (exact) mass is 486 g/mol. The zero-order chi connectivity index (χ0) is 26.0. The number of hydrogen-bond donors (Lipinski definition) is 1. The summed E-state index contributed by atoms with van der Waals surface area (Å²) in [6.45, 7) is 20.9. The Kier molecular flexibility index (Phi) is 7.13. The van der Waals surface area contributed by atoms with E-state index >= 15 is 0 Å². The van der Waals surface area contributed by atoms with Crippen LogP contribution in [0.15, 0.2) is 11.1 Å². The van der Waals surface area contributed by atoms with Gasteiger partial charge in [0.25, 0.3) is 0 Å². The molecule has 0 bridgehead atoms. The van der Waals surface area contributed by atoms with Crippen LogP contribution in [-0.2, 0) is 9.53 Å². The summed E-state index contributed by atoms with van der Waals surface area (Å²) >= 11 is 0. The number of rotatable bonds is 6. The third kappa shape index (κ3) is 4.15. The zero-order valence-corrected chi connectivity index (χ0v) is 24.3. The molecule has 200 valence electrons. The highest BCUT2D eigenvalue weighted by molar-refractivity contribution is 5.66. The average molecular weight is 487 g/mol. The molecule has 0 saturated heterocycles. The van der Waals surface area contributed by atoms with Gasteiger partial charge in [0.15, 0.2) is 0 Å². The summed E-state index contributed by atoms with van der Waals surface area (Å²) in [6.07, 6.45) is 11.3. The molecule has 3 heteroatoms.